The van der Waals surface area contributed by atoms with Crippen LogP contribution in [0.5, 0.6) is 28.7 Å². The van der Waals surface area contributed by atoms with Crippen LogP contribution in [0.25, 0.3) is 0 Å². The van der Waals surface area contributed by atoms with E-state index < -0.39 is 12.1 Å². The number of nitrogens with zero attached hydrogens (tertiary/aromatic N) is 1. The van der Waals surface area contributed by atoms with Crippen LogP contribution in [-0.4, -0.2) is 75.3 Å². The van der Waals surface area contributed by atoms with Crippen molar-refractivity contribution < 1.29 is 38.1 Å². The van der Waals surface area contributed by atoms with Gasteiger partial charge in [0.1, 0.15) is 23.4 Å². The maximum atomic E-state index is 13.6. The van der Waals surface area contributed by atoms with Crippen molar-refractivity contribution in [2.75, 3.05) is 40.5 Å². The molecule has 0 aliphatic carbocycles. The van der Waals surface area contributed by atoms with Gasteiger partial charge in [-0.25, -0.2) is 0 Å². The van der Waals surface area contributed by atoms with Gasteiger partial charge < -0.3 is 39.2 Å². The van der Waals surface area contributed by atoms with E-state index >= 15 is 0 Å². The highest BCUT2D eigenvalue weighted by Gasteiger charge is 2.35. The van der Waals surface area contributed by atoms with E-state index in [-0.39, 0.29) is 37.3 Å². The Hall–Kier alpha value is -4.93. The molecule has 1 saturated heterocycles. The average Bonchev–Trinajstić information content (AvgIpc) is 3.54. The molecule has 0 radical (unpaired) electrons. The number of carbonyl (C=O) groups excluding carboxylic acids is 3. The number of piperidine rings is 1. The largest absolute Gasteiger partial charge is 0.496 e. The summed E-state index contributed by atoms with van der Waals surface area (Å²) in [6, 6.07) is 15.9. The van der Waals surface area contributed by atoms with Gasteiger partial charge in [0.05, 0.1) is 26.9 Å². The van der Waals surface area contributed by atoms with E-state index in [4.69, 9.17) is 23.7 Å². The highest BCUT2D eigenvalue weighted by molar-refractivity contribution is 5.95. The number of methoxy groups -OCH3 is 2. The highest BCUT2D eigenvalue weighted by atomic mass is 16.5. The number of aryl methyl sites for hydroxylation is 1. The van der Waals surface area contributed by atoms with Crippen LogP contribution in [0.15, 0.2) is 54.6 Å². The molecule has 4 heterocycles. The van der Waals surface area contributed by atoms with Crippen molar-refractivity contribution in [3.8, 4) is 28.7 Å². The smallest absolute Gasteiger partial charge is 0.258 e. The first-order valence-corrected chi connectivity index (χ1v) is 15.1. The quantitative estimate of drug-likeness (QED) is 0.461. The molecule has 236 valence electrons. The molecule has 0 saturated carbocycles. The molecule has 0 aromatic heterocycles. The molecule has 2 N–H and O–H groups in total. The number of fused-ring (bicyclic) bond motifs is 10. The van der Waals surface area contributed by atoms with Crippen LogP contribution in [0.1, 0.15) is 39.9 Å². The summed E-state index contributed by atoms with van der Waals surface area (Å²) in [7, 11) is 3.10. The Morgan fingerprint density at radius 2 is 1.73 bits per heavy atom. The normalized spacial score (nSPS) is 20.0. The number of likely N-dealkylation sites (tertiary alicyclic amines) is 1. The minimum Gasteiger partial charge on any atom is -0.496 e. The molecule has 7 rings (SSSR count). The van der Waals surface area contributed by atoms with Crippen molar-refractivity contribution in [3.05, 3.63) is 76.9 Å². The summed E-state index contributed by atoms with van der Waals surface area (Å²) in [5.41, 5.74) is 3.28. The number of nitrogens with one attached hydrogen (secondary N) is 2. The second kappa shape index (κ2) is 13.4. The number of carbonyl (C=O) groups is 3. The summed E-state index contributed by atoms with van der Waals surface area (Å²) in [5, 5.41) is 6.01. The number of hydrogen-bond acceptors (Lipinski definition) is 8. The molecular formula is C34H37N3O8. The third-order valence-corrected chi connectivity index (χ3v) is 8.37. The maximum Gasteiger partial charge on any atom is 0.258 e. The Labute approximate surface area is 261 Å². The number of hydrogen-bond donors (Lipinski definition) is 2. The van der Waals surface area contributed by atoms with Crippen molar-refractivity contribution in [1.29, 1.82) is 0 Å². The first kappa shape index (κ1) is 30.1. The second-order valence-corrected chi connectivity index (χ2v) is 11.3. The predicted molar refractivity (Wildman–Crippen MR) is 164 cm³/mol. The minimum atomic E-state index is -0.517. The summed E-state index contributed by atoms with van der Waals surface area (Å²) in [6.07, 6.45) is 1.58. The predicted octanol–water partition coefficient (Wildman–Crippen LogP) is 3.06. The summed E-state index contributed by atoms with van der Waals surface area (Å²) in [4.78, 5) is 41.3. The van der Waals surface area contributed by atoms with Gasteiger partial charge in [0.2, 0.25) is 5.91 Å². The summed E-state index contributed by atoms with van der Waals surface area (Å²) < 4.78 is 29.0. The zero-order valence-electron chi connectivity index (χ0n) is 25.4. The lowest BCUT2D eigenvalue weighted by atomic mass is 10.00. The zero-order chi connectivity index (χ0) is 31.3. The molecule has 11 nitrogen and oxygen atoms in total. The van der Waals surface area contributed by atoms with Crippen molar-refractivity contribution in [2.24, 2.45) is 0 Å². The van der Waals surface area contributed by atoms with E-state index in [9.17, 15) is 14.4 Å². The Balaban J connectivity index is 1.26. The zero-order valence-corrected chi connectivity index (χ0v) is 25.4. The molecule has 0 spiro atoms. The van der Waals surface area contributed by atoms with Gasteiger partial charge in [-0.3, -0.25) is 14.4 Å². The molecule has 45 heavy (non-hydrogen) atoms. The minimum absolute atomic E-state index is 0.106. The van der Waals surface area contributed by atoms with Gasteiger partial charge in [0, 0.05) is 56.1 Å². The van der Waals surface area contributed by atoms with E-state index in [1.54, 1.807) is 36.3 Å². The number of benzene rings is 3. The van der Waals surface area contributed by atoms with Crippen molar-refractivity contribution in [1.82, 2.24) is 15.5 Å². The highest BCUT2D eigenvalue weighted by Crippen LogP contribution is 2.31. The van der Waals surface area contributed by atoms with Crippen LogP contribution in [0.3, 0.4) is 0 Å². The fraction of sp³-hybridized carbons (Fsp3) is 0.382. The molecule has 4 aliphatic rings. The topological polar surface area (TPSA) is 125 Å². The molecule has 4 bridgehead atoms. The van der Waals surface area contributed by atoms with E-state index in [1.165, 1.54) is 7.11 Å². The molecule has 3 amide bonds. The number of rotatable bonds is 3. The van der Waals surface area contributed by atoms with Crippen molar-refractivity contribution in [3.63, 3.8) is 0 Å². The van der Waals surface area contributed by atoms with Gasteiger partial charge in [-0.1, -0.05) is 6.07 Å². The van der Waals surface area contributed by atoms with Crippen molar-refractivity contribution >= 4 is 17.7 Å². The van der Waals surface area contributed by atoms with Gasteiger partial charge >= 0.3 is 0 Å². The van der Waals surface area contributed by atoms with E-state index in [2.05, 4.69) is 10.6 Å². The molecular weight excluding hydrogens is 578 g/mol. The van der Waals surface area contributed by atoms with Crippen LogP contribution in [0, 0.1) is 0 Å². The lowest BCUT2D eigenvalue weighted by Crippen LogP contribution is -2.58. The fourth-order valence-electron chi connectivity index (χ4n) is 5.94. The monoisotopic (exact) mass is 615 g/mol. The number of ether oxygens (including phenoxy) is 5. The third kappa shape index (κ3) is 6.92. The molecule has 2 atom stereocenters. The second-order valence-electron chi connectivity index (χ2n) is 11.3. The summed E-state index contributed by atoms with van der Waals surface area (Å²) in [6.45, 7) is 1.34. The molecule has 1 fully saturated rings. The van der Waals surface area contributed by atoms with E-state index in [0.29, 0.717) is 61.1 Å². The van der Waals surface area contributed by atoms with E-state index in [0.717, 1.165) is 28.9 Å². The van der Waals surface area contributed by atoms with Crippen LogP contribution in [-0.2, 0) is 29.0 Å². The van der Waals surface area contributed by atoms with Crippen LogP contribution in [0.2, 0.25) is 0 Å². The molecule has 4 aliphatic heterocycles. The third-order valence-electron chi connectivity index (χ3n) is 8.37. The van der Waals surface area contributed by atoms with Crippen LogP contribution >= 0.6 is 0 Å². The Morgan fingerprint density at radius 3 is 2.58 bits per heavy atom. The SMILES string of the molecule is COc1cc2ccc1CNC(=O)CCc1ccc(OC)c(c1)OCC(=O)N[C@@H]1CN(C(=O)c3ccc4c(c3)CCO4)CC[C@@H]1O2. The standard InChI is InChI=1S/C34H37N3O8/c1-41-29-8-3-21-4-10-32(38)35-18-24-5-7-25(17-30(24)42-2)45-28-11-13-37(19-26(28)36-33(39)20-44-31(29)15-21)34(40)23-6-9-27-22(16-23)12-14-43-27/h3,5-9,15-17,26,28H,4,10-14,18-20H2,1-2H3,(H,35,38)(H,36,39)/t26-,28+/m1/s1. The Bertz CT molecular complexity index is 1590. The Morgan fingerprint density at radius 1 is 0.867 bits per heavy atom. The lowest BCUT2D eigenvalue weighted by molar-refractivity contribution is -0.125. The van der Waals surface area contributed by atoms with Gasteiger partial charge in [0.25, 0.3) is 11.8 Å². The first-order valence-electron chi connectivity index (χ1n) is 15.1. The molecule has 11 heteroatoms. The van der Waals surface area contributed by atoms with Crippen LogP contribution < -0.4 is 34.3 Å². The Kier molecular flexibility index (Phi) is 8.95. The maximum absolute atomic E-state index is 13.6. The number of amides is 3. The molecule has 3 aromatic rings. The van der Waals surface area contributed by atoms with Gasteiger partial charge in [-0.05, 0) is 60.0 Å². The van der Waals surface area contributed by atoms with Crippen molar-refractivity contribution in [2.45, 2.75) is 44.4 Å². The molecule has 3 aromatic carbocycles. The lowest BCUT2D eigenvalue weighted by Gasteiger charge is -2.39. The van der Waals surface area contributed by atoms with E-state index in [1.807, 2.05) is 30.3 Å². The summed E-state index contributed by atoms with van der Waals surface area (Å²) >= 11 is 0. The average molecular weight is 616 g/mol. The van der Waals surface area contributed by atoms with Gasteiger partial charge in [-0.15, -0.1) is 0 Å². The molecule has 0 unspecified atom stereocenters. The van der Waals surface area contributed by atoms with Crippen LogP contribution in [0.4, 0.5) is 0 Å². The first-order chi connectivity index (χ1) is 21.9. The van der Waals surface area contributed by atoms with Gasteiger partial charge in [0.15, 0.2) is 18.1 Å². The summed E-state index contributed by atoms with van der Waals surface area (Å²) in [5.74, 6) is 2.24. The fourth-order valence-corrected chi connectivity index (χ4v) is 5.94. The van der Waals surface area contributed by atoms with Gasteiger partial charge in [-0.2, -0.15) is 0 Å².